The van der Waals surface area contributed by atoms with Crippen molar-refractivity contribution < 1.29 is 4.74 Å². The number of para-hydroxylation sites is 1. The van der Waals surface area contributed by atoms with Crippen molar-refractivity contribution in [2.75, 3.05) is 12.0 Å². The van der Waals surface area contributed by atoms with Crippen LogP contribution in [0, 0.1) is 0 Å². The second-order valence-corrected chi connectivity index (χ2v) is 12.0. The van der Waals surface area contributed by atoms with Crippen molar-refractivity contribution in [3.8, 4) is 5.75 Å². The molecule has 5 rings (SSSR count). The number of anilines is 3. The summed E-state index contributed by atoms with van der Waals surface area (Å²) < 4.78 is 8.10. The van der Waals surface area contributed by atoms with Gasteiger partial charge in [0.05, 0.1) is 18.3 Å². The summed E-state index contributed by atoms with van der Waals surface area (Å²) in [6.07, 6.45) is 0. The summed E-state index contributed by atoms with van der Waals surface area (Å²) in [7, 11) is 3.87. The number of rotatable bonds is 4. The van der Waals surface area contributed by atoms with E-state index >= 15 is 0 Å². The van der Waals surface area contributed by atoms with Crippen LogP contribution in [0.15, 0.2) is 84.9 Å². The molecule has 0 atom stereocenters. The van der Waals surface area contributed by atoms with E-state index in [1.165, 1.54) is 27.4 Å². The van der Waals surface area contributed by atoms with Crippen LogP contribution < -0.4 is 9.64 Å². The average molecular weight is 491 g/mol. The fraction of sp³-hybridized carbons (Fsp3) is 0.294. The molecule has 0 aliphatic carbocycles. The smallest absolute Gasteiger partial charge is 0.143 e. The van der Waals surface area contributed by atoms with Crippen LogP contribution in [0.25, 0.3) is 21.8 Å². The summed E-state index contributed by atoms with van der Waals surface area (Å²) >= 11 is 0. The molecule has 0 unspecified atom stereocenters. The van der Waals surface area contributed by atoms with Gasteiger partial charge >= 0.3 is 0 Å². The first kappa shape index (κ1) is 25.0. The third kappa shape index (κ3) is 4.37. The van der Waals surface area contributed by atoms with Crippen LogP contribution in [-0.2, 0) is 17.9 Å². The highest BCUT2D eigenvalue weighted by atomic mass is 16.5. The highest BCUT2D eigenvalue weighted by Crippen LogP contribution is 2.45. The molecule has 0 bridgehead atoms. The fourth-order valence-electron chi connectivity index (χ4n) is 5.26. The zero-order chi connectivity index (χ0) is 26.5. The van der Waals surface area contributed by atoms with Gasteiger partial charge in [0.15, 0.2) is 0 Å². The van der Waals surface area contributed by atoms with Crippen molar-refractivity contribution in [2.24, 2.45) is 7.05 Å². The minimum atomic E-state index is 0.0979. The molecule has 3 heteroatoms. The first-order chi connectivity index (χ1) is 17.5. The summed E-state index contributed by atoms with van der Waals surface area (Å²) in [5.41, 5.74) is 8.54. The minimum absolute atomic E-state index is 0.0979. The van der Waals surface area contributed by atoms with Gasteiger partial charge in [0, 0.05) is 34.7 Å². The van der Waals surface area contributed by atoms with Crippen molar-refractivity contribution in [1.29, 1.82) is 0 Å². The van der Waals surface area contributed by atoms with Crippen LogP contribution in [-0.4, -0.2) is 11.7 Å². The topological polar surface area (TPSA) is 17.4 Å². The second kappa shape index (κ2) is 8.99. The number of benzene rings is 4. The summed E-state index contributed by atoms with van der Waals surface area (Å²) in [5, 5.41) is 2.41. The quantitative estimate of drug-likeness (QED) is 0.250. The van der Waals surface area contributed by atoms with Gasteiger partial charge in [0.1, 0.15) is 5.75 Å². The van der Waals surface area contributed by atoms with Crippen LogP contribution in [0.1, 0.15) is 52.7 Å². The van der Waals surface area contributed by atoms with Crippen molar-refractivity contribution in [3.05, 3.63) is 96.1 Å². The predicted octanol–water partition coefficient (Wildman–Crippen LogP) is 9.40. The third-order valence-electron chi connectivity index (χ3n) is 7.43. The molecular formula is C34H38N2O. The van der Waals surface area contributed by atoms with Crippen LogP contribution in [0.4, 0.5) is 17.1 Å². The van der Waals surface area contributed by atoms with E-state index in [2.05, 4.69) is 143 Å². The van der Waals surface area contributed by atoms with Crippen molar-refractivity contribution >= 4 is 38.9 Å². The Bertz CT molecular complexity index is 1500. The number of aryl methyl sites for hydroxylation is 1. The second-order valence-electron chi connectivity index (χ2n) is 12.0. The third-order valence-corrected chi connectivity index (χ3v) is 7.43. The van der Waals surface area contributed by atoms with Crippen LogP contribution in [0.3, 0.4) is 0 Å². The lowest BCUT2D eigenvalue weighted by molar-refractivity contribution is 0.418. The maximum atomic E-state index is 5.85. The van der Waals surface area contributed by atoms with Gasteiger partial charge < -0.3 is 14.2 Å². The lowest BCUT2D eigenvalue weighted by Crippen LogP contribution is -2.14. The van der Waals surface area contributed by atoms with Crippen molar-refractivity contribution in [2.45, 2.75) is 52.4 Å². The molecule has 0 spiro atoms. The van der Waals surface area contributed by atoms with E-state index in [1.54, 1.807) is 7.11 Å². The van der Waals surface area contributed by atoms with Gasteiger partial charge in [-0.25, -0.2) is 0 Å². The van der Waals surface area contributed by atoms with Crippen LogP contribution in [0.2, 0.25) is 0 Å². The number of ether oxygens (including phenoxy) is 1. The maximum Gasteiger partial charge on any atom is 0.143 e. The summed E-state index contributed by atoms with van der Waals surface area (Å²) in [5.74, 6) is 0.878. The van der Waals surface area contributed by atoms with E-state index in [9.17, 15) is 0 Å². The zero-order valence-corrected chi connectivity index (χ0v) is 23.4. The van der Waals surface area contributed by atoms with E-state index in [1.807, 2.05) is 0 Å². The SMILES string of the molecule is COc1ccc(N(c2ccc(C(C)(C)C)cc2)c2ccc(C(C)(C)C)cc2)c2c3ccccc3n(C)c12. The predicted molar refractivity (Wildman–Crippen MR) is 159 cm³/mol. The molecular weight excluding hydrogens is 452 g/mol. The number of aromatic nitrogens is 1. The molecule has 0 saturated carbocycles. The molecule has 4 aromatic carbocycles. The molecule has 0 aliphatic heterocycles. The van der Waals surface area contributed by atoms with E-state index < -0.39 is 0 Å². The Balaban J connectivity index is 1.81. The Morgan fingerprint density at radius 3 is 1.65 bits per heavy atom. The molecule has 1 heterocycles. The molecule has 190 valence electrons. The first-order valence-corrected chi connectivity index (χ1v) is 13.1. The molecule has 3 nitrogen and oxygen atoms in total. The fourth-order valence-corrected chi connectivity index (χ4v) is 5.26. The number of hydrogen-bond donors (Lipinski definition) is 0. The molecule has 0 saturated heterocycles. The van der Waals surface area contributed by atoms with Gasteiger partial charge in [-0.1, -0.05) is 84.0 Å². The van der Waals surface area contributed by atoms with E-state index in [0.29, 0.717) is 0 Å². The molecule has 37 heavy (non-hydrogen) atoms. The van der Waals surface area contributed by atoms with Gasteiger partial charge in [0.2, 0.25) is 0 Å². The number of fused-ring (bicyclic) bond motifs is 3. The van der Waals surface area contributed by atoms with E-state index in [0.717, 1.165) is 28.3 Å². The average Bonchev–Trinajstić information content (AvgIpc) is 3.17. The lowest BCUT2D eigenvalue weighted by Gasteiger charge is -2.29. The summed E-state index contributed by atoms with van der Waals surface area (Å²) in [4.78, 5) is 2.38. The summed E-state index contributed by atoms with van der Waals surface area (Å²) in [6, 6.07) is 30.9. The molecule has 0 aliphatic rings. The molecule has 5 aromatic rings. The largest absolute Gasteiger partial charge is 0.495 e. The van der Waals surface area contributed by atoms with Gasteiger partial charge in [-0.2, -0.15) is 0 Å². The Morgan fingerprint density at radius 1 is 0.649 bits per heavy atom. The number of nitrogens with zero attached hydrogens (tertiary/aromatic N) is 2. The zero-order valence-electron chi connectivity index (χ0n) is 23.4. The van der Waals surface area contributed by atoms with E-state index in [4.69, 9.17) is 4.74 Å². The van der Waals surface area contributed by atoms with E-state index in [-0.39, 0.29) is 10.8 Å². The van der Waals surface area contributed by atoms with Crippen LogP contribution in [0.5, 0.6) is 5.75 Å². The molecule has 0 amide bonds. The normalized spacial score (nSPS) is 12.3. The Kier molecular flexibility index (Phi) is 6.06. The Morgan fingerprint density at radius 2 is 1.16 bits per heavy atom. The number of methoxy groups -OCH3 is 1. The highest BCUT2D eigenvalue weighted by Gasteiger charge is 2.23. The standard InChI is InChI=1S/C34H38N2O/c1-33(2,3)23-13-17-25(18-14-23)36(26-19-15-24(16-20-26)34(4,5)6)29-21-22-30(37-8)32-31(29)27-11-9-10-12-28(27)35(32)7/h9-22H,1-8H3. The van der Waals surface area contributed by atoms with Crippen molar-refractivity contribution in [1.82, 2.24) is 4.57 Å². The van der Waals surface area contributed by atoms with Crippen LogP contribution >= 0.6 is 0 Å². The summed E-state index contributed by atoms with van der Waals surface area (Å²) in [6.45, 7) is 13.5. The lowest BCUT2D eigenvalue weighted by atomic mass is 9.86. The Hall–Kier alpha value is -3.72. The van der Waals surface area contributed by atoms with Gasteiger partial charge in [-0.15, -0.1) is 0 Å². The molecule has 0 radical (unpaired) electrons. The number of hydrogen-bond acceptors (Lipinski definition) is 2. The first-order valence-electron chi connectivity index (χ1n) is 13.1. The molecule has 0 fully saturated rings. The Labute approximate surface area is 221 Å². The minimum Gasteiger partial charge on any atom is -0.495 e. The maximum absolute atomic E-state index is 5.85. The van der Waals surface area contributed by atoms with Gasteiger partial charge in [-0.3, -0.25) is 0 Å². The van der Waals surface area contributed by atoms with Gasteiger partial charge in [-0.05, 0) is 64.4 Å². The highest BCUT2D eigenvalue weighted by molar-refractivity contribution is 6.17. The monoisotopic (exact) mass is 490 g/mol. The molecule has 1 aromatic heterocycles. The molecule has 0 N–H and O–H groups in total. The van der Waals surface area contributed by atoms with Gasteiger partial charge in [0.25, 0.3) is 0 Å². The van der Waals surface area contributed by atoms with Crippen molar-refractivity contribution in [3.63, 3.8) is 0 Å².